The van der Waals surface area contributed by atoms with E-state index in [2.05, 4.69) is 10.3 Å². The molecule has 1 aliphatic heterocycles. The van der Waals surface area contributed by atoms with Gasteiger partial charge in [-0.2, -0.15) is 0 Å². The summed E-state index contributed by atoms with van der Waals surface area (Å²) in [6, 6.07) is 4.13. The lowest BCUT2D eigenvalue weighted by Crippen LogP contribution is -2.33. The van der Waals surface area contributed by atoms with Gasteiger partial charge < -0.3 is 19.9 Å². The van der Waals surface area contributed by atoms with Crippen LogP contribution in [0.25, 0.3) is 0 Å². The Bertz CT molecular complexity index is 820. The van der Waals surface area contributed by atoms with Crippen LogP contribution < -0.4 is 5.32 Å². The zero-order chi connectivity index (χ0) is 18.1. The molecule has 0 saturated carbocycles. The van der Waals surface area contributed by atoms with Gasteiger partial charge in [0, 0.05) is 50.4 Å². The maximum atomic E-state index is 12.3. The standard InChI is InChI=1S/C17H19ClN4O3/c1-21-6-5-19-16(21)15-10(7-14(24)22(15)2)9-20-17(25)12-4-3-11(18)8-13(12)23/h3-6,8,10,15,23H,7,9H2,1-2H3,(H,20,25)/t10-,15+/m0/s1. The van der Waals surface area contributed by atoms with E-state index < -0.39 is 5.91 Å². The zero-order valence-corrected chi connectivity index (χ0v) is 14.7. The van der Waals surface area contributed by atoms with Gasteiger partial charge in [0.1, 0.15) is 11.6 Å². The molecule has 2 amide bonds. The topological polar surface area (TPSA) is 87.5 Å². The Morgan fingerprint density at radius 2 is 2.20 bits per heavy atom. The summed E-state index contributed by atoms with van der Waals surface area (Å²) in [6.07, 6.45) is 3.85. The Hall–Kier alpha value is -2.54. The number of benzene rings is 1. The molecule has 1 saturated heterocycles. The van der Waals surface area contributed by atoms with Crippen molar-refractivity contribution in [2.45, 2.75) is 12.5 Å². The Kier molecular flexibility index (Phi) is 4.67. The summed E-state index contributed by atoms with van der Waals surface area (Å²) >= 11 is 5.78. The van der Waals surface area contributed by atoms with Crippen LogP contribution in [0.1, 0.15) is 28.6 Å². The summed E-state index contributed by atoms with van der Waals surface area (Å²) in [5.74, 6) is 0.112. The average molecular weight is 363 g/mol. The first-order chi connectivity index (χ1) is 11.9. The van der Waals surface area contributed by atoms with Gasteiger partial charge in [-0.3, -0.25) is 9.59 Å². The Balaban J connectivity index is 1.74. The highest BCUT2D eigenvalue weighted by Crippen LogP contribution is 2.35. The number of amides is 2. The minimum Gasteiger partial charge on any atom is -0.507 e. The third kappa shape index (κ3) is 3.32. The minimum absolute atomic E-state index is 0.0154. The van der Waals surface area contributed by atoms with Crippen molar-refractivity contribution in [3.63, 3.8) is 0 Å². The number of imidazole rings is 1. The average Bonchev–Trinajstić information content (AvgIpc) is 3.09. The molecule has 132 valence electrons. The second-order valence-corrected chi connectivity index (χ2v) is 6.62. The van der Waals surface area contributed by atoms with Crippen LogP contribution in [0.2, 0.25) is 5.02 Å². The van der Waals surface area contributed by atoms with E-state index in [0.717, 1.165) is 5.82 Å². The van der Waals surface area contributed by atoms with Crippen LogP contribution in [0, 0.1) is 5.92 Å². The van der Waals surface area contributed by atoms with Crippen LogP contribution in [-0.2, 0) is 11.8 Å². The number of rotatable bonds is 4. The van der Waals surface area contributed by atoms with Crippen LogP contribution in [0.3, 0.4) is 0 Å². The molecule has 0 unspecified atom stereocenters. The molecule has 2 aromatic rings. The van der Waals surface area contributed by atoms with Gasteiger partial charge in [0.05, 0.1) is 11.6 Å². The second-order valence-electron chi connectivity index (χ2n) is 6.18. The maximum absolute atomic E-state index is 12.3. The van der Waals surface area contributed by atoms with Crippen molar-refractivity contribution in [2.75, 3.05) is 13.6 Å². The van der Waals surface area contributed by atoms with Crippen molar-refractivity contribution >= 4 is 23.4 Å². The molecular formula is C17H19ClN4O3. The van der Waals surface area contributed by atoms with Gasteiger partial charge in [0.15, 0.2) is 0 Å². The molecule has 7 nitrogen and oxygen atoms in total. The van der Waals surface area contributed by atoms with Crippen LogP contribution in [0.15, 0.2) is 30.6 Å². The first-order valence-corrected chi connectivity index (χ1v) is 8.26. The molecule has 1 fully saturated rings. The van der Waals surface area contributed by atoms with Crippen LogP contribution in [0.4, 0.5) is 0 Å². The first-order valence-electron chi connectivity index (χ1n) is 7.88. The molecule has 8 heteroatoms. The predicted molar refractivity (Wildman–Crippen MR) is 92.3 cm³/mol. The highest BCUT2D eigenvalue weighted by atomic mass is 35.5. The third-order valence-electron chi connectivity index (χ3n) is 4.55. The van der Waals surface area contributed by atoms with E-state index in [1.54, 1.807) is 24.2 Å². The van der Waals surface area contributed by atoms with Gasteiger partial charge in [-0.1, -0.05) is 11.6 Å². The normalized spacial score (nSPS) is 20.1. The summed E-state index contributed by atoms with van der Waals surface area (Å²) in [7, 11) is 3.62. The van der Waals surface area contributed by atoms with Crippen molar-refractivity contribution in [3.8, 4) is 5.75 Å². The lowest BCUT2D eigenvalue weighted by Gasteiger charge is -2.24. The monoisotopic (exact) mass is 362 g/mol. The molecule has 0 bridgehead atoms. The van der Waals surface area contributed by atoms with E-state index in [1.165, 1.54) is 12.1 Å². The van der Waals surface area contributed by atoms with Gasteiger partial charge in [0.2, 0.25) is 5.91 Å². The molecule has 2 heterocycles. The summed E-state index contributed by atoms with van der Waals surface area (Å²) < 4.78 is 1.87. The van der Waals surface area contributed by atoms with Crippen LogP contribution in [-0.4, -0.2) is 45.0 Å². The lowest BCUT2D eigenvalue weighted by atomic mass is 9.99. The van der Waals surface area contributed by atoms with Crippen molar-refractivity contribution in [1.29, 1.82) is 0 Å². The quantitative estimate of drug-likeness (QED) is 0.867. The van der Waals surface area contributed by atoms with Gasteiger partial charge in [-0.05, 0) is 18.2 Å². The summed E-state index contributed by atoms with van der Waals surface area (Å²) in [5.41, 5.74) is 0.149. The number of likely N-dealkylation sites (tertiary alicyclic amines) is 1. The second kappa shape index (κ2) is 6.76. The van der Waals surface area contributed by atoms with Crippen molar-refractivity contribution < 1.29 is 14.7 Å². The Labute approximate surface area is 150 Å². The number of hydrogen-bond donors (Lipinski definition) is 2. The SMILES string of the molecule is CN1C(=O)C[C@@H](CNC(=O)c2ccc(Cl)cc2O)[C@@H]1c1nccn1C. The molecule has 0 radical (unpaired) electrons. The highest BCUT2D eigenvalue weighted by molar-refractivity contribution is 6.30. The van der Waals surface area contributed by atoms with E-state index in [1.807, 2.05) is 17.8 Å². The van der Waals surface area contributed by atoms with Gasteiger partial charge in [0.25, 0.3) is 5.91 Å². The first kappa shape index (κ1) is 17.3. The number of hydrogen-bond acceptors (Lipinski definition) is 4. The lowest BCUT2D eigenvalue weighted by molar-refractivity contribution is -0.127. The number of aryl methyl sites for hydroxylation is 1. The molecule has 2 N–H and O–H groups in total. The predicted octanol–water partition coefficient (Wildman–Crippen LogP) is 1.73. The summed E-state index contributed by atoms with van der Waals surface area (Å²) in [5, 5.41) is 13.0. The number of carbonyl (C=O) groups excluding carboxylic acids is 2. The molecular weight excluding hydrogens is 344 g/mol. The molecule has 1 aromatic carbocycles. The van der Waals surface area contributed by atoms with E-state index in [-0.39, 0.29) is 29.2 Å². The number of carbonyl (C=O) groups is 2. The minimum atomic E-state index is -0.408. The van der Waals surface area contributed by atoms with Crippen molar-refractivity contribution in [3.05, 3.63) is 47.0 Å². The van der Waals surface area contributed by atoms with E-state index >= 15 is 0 Å². The number of aromatic nitrogens is 2. The van der Waals surface area contributed by atoms with E-state index in [9.17, 15) is 14.7 Å². The molecule has 25 heavy (non-hydrogen) atoms. The summed E-state index contributed by atoms with van der Waals surface area (Å²) in [4.78, 5) is 30.5. The van der Waals surface area contributed by atoms with Crippen LogP contribution >= 0.6 is 11.6 Å². The molecule has 2 atom stereocenters. The van der Waals surface area contributed by atoms with E-state index in [0.29, 0.717) is 18.0 Å². The fourth-order valence-corrected chi connectivity index (χ4v) is 3.36. The van der Waals surface area contributed by atoms with Gasteiger partial charge in [-0.15, -0.1) is 0 Å². The number of phenolic OH excluding ortho intramolecular Hbond substituents is 1. The van der Waals surface area contributed by atoms with Gasteiger partial charge in [-0.25, -0.2) is 4.98 Å². The largest absolute Gasteiger partial charge is 0.507 e. The molecule has 1 aromatic heterocycles. The van der Waals surface area contributed by atoms with Crippen LogP contribution in [0.5, 0.6) is 5.75 Å². The molecule has 1 aliphatic rings. The maximum Gasteiger partial charge on any atom is 0.255 e. The fourth-order valence-electron chi connectivity index (χ4n) is 3.20. The Morgan fingerprint density at radius 3 is 2.84 bits per heavy atom. The number of phenols is 1. The number of halogens is 1. The smallest absolute Gasteiger partial charge is 0.255 e. The molecule has 0 aliphatic carbocycles. The van der Waals surface area contributed by atoms with Gasteiger partial charge >= 0.3 is 0 Å². The third-order valence-corrected chi connectivity index (χ3v) is 4.78. The number of aromatic hydroxyl groups is 1. The van der Waals surface area contributed by atoms with Crippen molar-refractivity contribution in [1.82, 2.24) is 19.8 Å². The summed E-state index contributed by atoms with van der Waals surface area (Å²) in [6.45, 7) is 0.300. The van der Waals surface area contributed by atoms with Crippen molar-refractivity contribution in [2.24, 2.45) is 13.0 Å². The Morgan fingerprint density at radius 1 is 1.44 bits per heavy atom. The molecule has 3 rings (SSSR count). The number of nitrogens with zero attached hydrogens (tertiary/aromatic N) is 3. The highest BCUT2D eigenvalue weighted by Gasteiger charge is 2.40. The number of nitrogens with one attached hydrogen (secondary N) is 1. The van der Waals surface area contributed by atoms with E-state index in [4.69, 9.17) is 11.6 Å². The fraction of sp³-hybridized carbons (Fsp3) is 0.353. The molecule has 0 spiro atoms. The zero-order valence-electron chi connectivity index (χ0n) is 13.9.